The molecular formula is C4H10F3N3O6S. The molecular weight excluding hydrogens is 275 g/mol. The monoisotopic (exact) mass is 285 g/mol. The lowest BCUT2D eigenvalue weighted by Crippen LogP contribution is -2.46. The van der Waals surface area contributed by atoms with Crippen LogP contribution in [0.25, 0.3) is 0 Å². The summed E-state index contributed by atoms with van der Waals surface area (Å²) in [5, 5.41) is 7.43. The van der Waals surface area contributed by atoms with Crippen molar-refractivity contribution >= 4 is 16.3 Å². The highest BCUT2D eigenvalue weighted by Gasteiger charge is 2.38. The first kappa shape index (κ1) is 18.4. The lowest BCUT2D eigenvalue weighted by Gasteiger charge is -2.12. The van der Waals surface area contributed by atoms with Crippen LogP contribution in [0, 0.1) is 0 Å². The molecule has 0 aromatic heterocycles. The third-order valence-corrected chi connectivity index (χ3v) is 1.13. The normalized spacial score (nSPS) is 11.9. The first-order valence-corrected chi connectivity index (χ1v) is 5.06. The smallest absolute Gasteiger partial charge is 0.475 e. The average molecular weight is 285 g/mol. The number of halogens is 3. The largest absolute Gasteiger partial charge is 0.490 e. The molecule has 17 heavy (non-hydrogen) atoms. The fourth-order valence-corrected chi connectivity index (χ4v) is 0.559. The van der Waals surface area contributed by atoms with E-state index in [0.717, 1.165) is 0 Å². The number of carboxylic acids is 1. The first-order chi connectivity index (χ1) is 7.40. The van der Waals surface area contributed by atoms with Crippen LogP contribution in [0.2, 0.25) is 0 Å². The third kappa shape index (κ3) is 15.0. The second-order valence-corrected chi connectivity index (χ2v) is 3.25. The summed E-state index contributed by atoms with van der Waals surface area (Å²) in [6.07, 6.45) is -5.08. The van der Waals surface area contributed by atoms with Gasteiger partial charge in [0.2, 0.25) is 0 Å². The minimum absolute atomic E-state index is 0.193. The molecule has 0 fully saturated rings. The fourth-order valence-electron chi connectivity index (χ4n) is 0.279. The molecule has 0 aliphatic rings. The Labute approximate surface area is 93.7 Å². The SMILES string of the molecule is CCON(N)NS(=O)(=O)O.O=C(O)C(F)(F)F. The predicted molar refractivity (Wildman–Crippen MR) is 46.0 cm³/mol. The number of aliphatic carboxylic acids is 1. The molecule has 0 aliphatic carbocycles. The maximum absolute atomic E-state index is 10.6. The van der Waals surface area contributed by atoms with Crippen molar-refractivity contribution in [1.29, 1.82) is 0 Å². The lowest BCUT2D eigenvalue weighted by molar-refractivity contribution is -0.192. The van der Waals surface area contributed by atoms with Gasteiger partial charge < -0.3 is 5.11 Å². The minimum atomic E-state index is -5.08. The molecule has 0 aliphatic heterocycles. The van der Waals surface area contributed by atoms with Crippen LogP contribution >= 0.6 is 0 Å². The number of carboxylic acid groups (broad SMARTS) is 1. The maximum Gasteiger partial charge on any atom is 0.490 e. The fraction of sp³-hybridized carbons (Fsp3) is 0.750. The predicted octanol–water partition coefficient (Wildman–Crippen LogP) is -0.946. The number of nitrogens with two attached hydrogens (primary N) is 1. The Morgan fingerprint density at radius 2 is 1.88 bits per heavy atom. The topological polar surface area (TPSA) is 142 Å². The summed E-state index contributed by atoms with van der Waals surface area (Å²) in [5.74, 6) is 2.07. The highest BCUT2D eigenvalue weighted by molar-refractivity contribution is 7.83. The summed E-state index contributed by atoms with van der Waals surface area (Å²) in [6.45, 7) is 1.80. The van der Waals surface area contributed by atoms with Crippen LogP contribution < -0.4 is 10.7 Å². The molecule has 0 aromatic rings. The third-order valence-electron chi connectivity index (χ3n) is 0.716. The molecule has 104 valence electrons. The Morgan fingerprint density at radius 1 is 1.53 bits per heavy atom. The van der Waals surface area contributed by atoms with Gasteiger partial charge in [-0.2, -0.15) is 21.6 Å². The van der Waals surface area contributed by atoms with Crippen LogP contribution in [-0.4, -0.2) is 42.1 Å². The number of hydrogen-bond donors (Lipinski definition) is 4. The highest BCUT2D eigenvalue weighted by atomic mass is 32.2. The standard InChI is InChI=1S/C2HF3O2.C2H9N3O4S/c3-2(4,5)1(6)7;1-2-9-5(3)4-10(6,7)8/h(H,6,7);4H,2-3H2,1H3,(H,6,7,8). The number of alkyl halides is 3. The van der Waals surface area contributed by atoms with Crippen LogP contribution in [0.15, 0.2) is 0 Å². The molecule has 0 unspecified atom stereocenters. The number of nitrogens with one attached hydrogen (secondary N) is 1. The van der Waals surface area contributed by atoms with Crippen molar-refractivity contribution in [3.63, 3.8) is 0 Å². The number of hydrogen-bond acceptors (Lipinski definition) is 6. The molecule has 0 spiro atoms. The summed E-state index contributed by atoms with van der Waals surface area (Å²) in [4.78, 5) is 14.7. The van der Waals surface area contributed by atoms with Gasteiger partial charge in [-0.25, -0.2) is 10.6 Å². The van der Waals surface area contributed by atoms with Gasteiger partial charge in [0.25, 0.3) is 0 Å². The number of rotatable bonds is 4. The number of carbonyl (C=O) groups is 1. The molecule has 13 heteroatoms. The number of hydrazine groups is 2. The molecule has 0 radical (unpaired) electrons. The van der Waals surface area contributed by atoms with Gasteiger partial charge in [-0.3, -0.25) is 9.39 Å². The molecule has 0 amide bonds. The van der Waals surface area contributed by atoms with Crippen LogP contribution in [0.3, 0.4) is 0 Å². The van der Waals surface area contributed by atoms with E-state index in [1.54, 1.807) is 6.92 Å². The summed E-state index contributed by atoms with van der Waals surface area (Å²) in [7, 11) is -4.32. The van der Waals surface area contributed by atoms with Gasteiger partial charge >= 0.3 is 22.4 Å². The van der Waals surface area contributed by atoms with Gasteiger partial charge in [-0.1, -0.05) is 4.83 Å². The summed E-state index contributed by atoms with van der Waals surface area (Å²) in [6, 6.07) is 0. The maximum atomic E-state index is 10.6. The van der Waals surface area contributed by atoms with E-state index in [2.05, 4.69) is 4.84 Å². The Kier molecular flexibility index (Phi) is 7.95. The zero-order valence-corrected chi connectivity index (χ0v) is 9.12. The molecule has 0 rings (SSSR count). The molecule has 0 saturated heterocycles. The Morgan fingerprint density at radius 3 is 2.06 bits per heavy atom. The van der Waals surface area contributed by atoms with Gasteiger partial charge in [-0.15, -0.1) is 0 Å². The summed E-state index contributed by atoms with van der Waals surface area (Å²) in [5.41, 5.74) is 0. The van der Waals surface area contributed by atoms with Gasteiger partial charge in [0, 0.05) is 0 Å². The number of nitrogens with zero attached hydrogens (tertiary/aromatic N) is 1. The van der Waals surface area contributed by atoms with Crippen molar-refractivity contribution in [3.8, 4) is 0 Å². The van der Waals surface area contributed by atoms with E-state index < -0.39 is 22.4 Å². The van der Waals surface area contributed by atoms with E-state index in [0.29, 0.717) is 5.28 Å². The van der Waals surface area contributed by atoms with Crippen molar-refractivity contribution in [3.05, 3.63) is 0 Å². The molecule has 0 aromatic carbocycles. The van der Waals surface area contributed by atoms with E-state index in [1.165, 1.54) is 4.83 Å². The van der Waals surface area contributed by atoms with Gasteiger partial charge in [-0.05, 0) is 12.2 Å². The van der Waals surface area contributed by atoms with Crippen LogP contribution in [0.1, 0.15) is 6.92 Å². The minimum Gasteiger partial charge on any atom is -0.475 e. The second-order valence-electron chi connectivity index (χ2n) is 2.11. The molecule has 5 N–H and O–H groups in total. The molecule has 9 nitrogen and oxygen atoms in total. The quantitative estimate of drug-likeness (QED) is 0.294. The first-order valence-electron chi connectivity index (χ1n) is 3.62. The average Bonchev–Trinajstić information content (AvgIpc) is 1.99. The van der Waals surface area contributed by atoms with Crippen molar-refractivity contribution < 1.29 is 40.9 Å². The van der Waals surface area contributed by atoms with Gasteiger partial charge in [0.1, 0.15) is 0 Å². The zero-order valence-electron chi connectivity index (χ0n) is 8.30. The molecule has 0 atom stereocenters. The molecule has 0 saturated carbocycles. The van der Waals surface area contributed by atoms with Crippen LogP contribution in [-0.2, 0) is 19.9 Å². The van der Waals surface area contributed by atoms with E-state index in [4.69, 9.17) is 20.3 Å². The van der Waals surface area contributed by atoms with Crippen molar-refractivity contribution in [1.82, 2.24) is 10.1 Å². The van der Waals surface area contributed by atoms with E-state index >= 15 is 0 Å². The second kappa shape index (κ2) is 7.36. The Hall–Kier alpha value is -0.990. The van der Waals surface area contributed by atoms with E-state index in [1.807, 2.05) is 0 Å². The van der Waals surface area contributed by atoms with Crippen molar-refractivity contribution in [2.45, 2.75) is 13.1 Å². The van der Waals surface area contributed by atoms with Crippen molar-refractivity contribution in [2.75, 3.05) is 6.61 Å². The zero-order chi connectivity index (χ0) is 14.3. The van der Waals surface area contributed by atoms with Crippen molar-refractivity contribution in [2.24, 2.45) is 5.84 Å². The summed E-state index contributed by atoms with van der Waals surface area (Å²) < 4.78 is 59.7. The summed E-state index contributed by atoms with van der Waals surface area (Å²) >= 11 is 0. The Bertz CT molecular complexity index is 330. The van der Waals surface area contributed by atoms with E-state index in [9.17, 15) is 21.6 Å². The molecule has 0 heterocycles. The van der Waals surface area contributed by atoms with Crippen LogP contribution in [0.5, 0.6) is 0 Å². The molecule has 0 bridgehead atoms. The van der Waals surface area contributed by atoms with Gasteiger partial charge in [0.05, 0.1) is 6.61 Å². The van der Waals surface area contributed by atoms with Crippen LogP contribution in [0.4, 0.5) is 13.2 Å². The van der Waals surface area contributed by atoms with Gasteiger partial charge in [0.15, 0.2) is 0 Å². The lowest BCUT2D eigenvalue weighted by atomic mass is 10.7. The highest BCUT2D eigenvalue weighted by Crippen LogP contribution is 2.13. The van der Waals surface area contributed by atoms with E-state index in [-0.39, 0.29) is 6.61 Å². The Balaban J connectivity index is 0.